The summed E-state index contributed by atoms with van der Waals surface area (Å²) in [5.74, 6) is 0.188. The number of oxazole rings is 1. The quantitative estimate of drug-likeness (QED) is 0.595. The van der Waals surface area contributed by atoms with Gasteiger partial charge in [-0.1, -0.05) is 18.2 Å². The highest BCUT2D eigenvalue weighted by Gasteiger charge is 2.32. The summed E-state index contributed by atoms with van der Waals surface area (Å²) < 4.78 is 6.64. The zero-order chi connectivity index (χ0) is 19.3. The SMILES string of the molecule is Cc1ccc2nc(C3CCCN3C(=O)Cn3c(=O)oc4ccccc43)[nH]c2c1. The number of fused-ring (bicyclic) bond motifs is 2. The number of aromatic nitrogens is 3. The summed E-state index contributed by atoms with van der Waals surface area (Å²) in [4.78, 5) is 35.1. The zero-order valence-electron chi connectivity index (χ0n) is 15.5. The van der Waals surface area contributed by atoms with Crippen molar-refractivity contribution in [3.63, 3.8) is 0 Å². The number of para-hydroxylation sites is 2. The van der Waals surface area contributed by atoms with Crippen molar-refractivity contribution in [3.05, 3.63) is 64.4 Å². The van der Waals surface area contributed by atoms with Gasteiger partial charge in [-0.2, -0.15) is 0 Å². The van der Waals surface area contributed by atoms with Crippen LogP contribution in [0.15, 0.2) is 51.7 Å². The van der Waals surface area contributed by atoms with E-state index in [2.05, 4.69) is 11.1 Å². The number of hydrogen-bond acceptors (Lipinski definition) is 4. The number of benzene rings is 2. The summed E-state index contributed by atoms with van der Waals surface area (Å²) in [6.07, 6.45) is 1.76. The van der Waals surface area contributed by atoms with Crippen LogP contribution in [0, 0.1) is 6.92 Å². The molecule has 1 fully saturated rings. The first-order valence-electron chi connectivity index (χ1n) is 9.44. The minimum absolute atomic E-state index is 0.0360. The van der Waals surface area contributed by atoms with Crippen LogP contribution in [0.2, 0.25) is 0 Å². The average molecular weight is 376 g/mol. The number of imidazole rings is 1. The lowest BCUT2D eigenvalue weighted by molar-refractivity contribution is -0.132. The topological polar surface area (TPSA) is 84.1 Å². The molecule has 142 valence electrons. The van der Waals surface area contributed by atoms with Crippen molar-refractivity contribution in [2.45, 2.75) is 32.4 Å². The molecule has 1 saturated heterocycles. The summed E-state index contributed by atoms with van der Waals surface area (Å²) in [5, 5.41) is 0. The van der Waals surface area contributed by atoms with Crippen LogP contribution in [0.5, 0.6) is 0 Å². The second-order valence-corrected chi connectivity index (χ2v) is 7.31. The van der Waals surface area contributed by atoms with Gasteiger partial charge in [0.1, 0.15) is 12.4 Å². The van der Waals surface area contributed by atoms with Crippen LogP contribution in [0.4, 0.5) is 0 Å². The maximum atomic E-state index is 13.0. The molecule has 3 heterocycles. The number of nitrogens with zero attached hydrogens (tertiary/aromatic N) is 3. The Morgan fingerprint density at radius 3 is 3.04 bits per heavy atom. The van der Waals surface area contributed by atoms with E-state index in [-0.39, 0.29) is 18.5 Å². The highest BCUT2D eigenvalue weighted by Crippen LogP contribution is 2.32. The second kappa shape index (κ2) is 6.37. The predicted molar refractivity (Wildman–Crippen MR) is 105 cm³/mol. The summed E-state index contributed by atoms with van der Waals surface area (Å²) in [7, 11) is 0. The van der Waals surface area contributed by atoms with E-state index in [1.807, 2.05) is 30.0 Å². The first-order chi connectivity index (χ1) is 13.6. The van der Waals surface area contributed by atoms with E-state index in [4.69, 9.17) is 9.40 Å². The number of aryl methyl sites for hydroxylation is 1. The summed E-state index contributed by atoms with van der Waals surface area (Å²) in [6.45, 7) is 2.66. The molecule has 0 aliphatic carbocycles. The van der Waals surface area contributed by atoms with Gasteiger partial charge in [0.15, 0.2) is 5.58 Å². The average Bonchev–Trinajstić information content (AvgIpc) is 3.38. The number of nitrogens with one attached hydrogen (secondary N) is 1. The van der Waals surface area contributed by atoms with E-state index in [0.29, 0.717) is 17.6 Å². The molecular weight excluding hydrogens is 356 g/mol. The van der Waals surface area contributed by atoms with Gasteiger partial charge in [0.2, 0.25) is 5.91 Å². The number of likely N-dealkylation sites (tertiary alicyclic amines) is 1. The number of rotatable bonds is 3. The van der Waals surface area contributed by atoms with E-state index in [1.165, 1.54) is 4.57 Å². The van der Waals surface area contributed by atoms with Gasteiger partial charge in [-0.3, -0.25) is 9.36 Å². The van der Waals surface area contributed by atoms with Gasteiger partial charge in [-0.25, -0.2) is 9.78 Å². The Morgan fingerprint density at radius 1 is 1.29 bits per heavy atom. The Morgan fingerprint density at radius 2 is 2.14 bits per heavy atom. The van der Waals surface area contributed by atoms with Gasteiger partial charge in [0.25, 0.3) is 0 Å². The van der Waals surface area contributed by atoms with Gasteiger partial charge in [0, 0.05) is 6.54 Å². The maximum absolute atomic E-state index is 13.0. The van der Waals surface area contributed by atoms with E-state index in [9.17, 15) is 9.59 Å². The molecule has 0 radical (unpaired) electrons. The van der Waals surface area contributed by atoms with Crippen molar-refractivity contribution in [1.29, 1.82) is 0 Å². The molecule has 4 aromatic rings. The van der Waals surface area contributed by atoms with Gasteiger partial charge < -0.3 is 14.3 Å². The fourth-order valence-electron chi connectivity index (χ4n) is 4.04. The minimum atomic E-state index is -0.510. The summed E-state index contributed by atoms with van der Waals surface area (Å²) in [6, 6.07) is 13.1. The Hall–Kier alpha value is -3.35. The molecule has 1 N–H and O–H groups in total. The van der Waals surface area contributed by atoms with Crippen LogP contribution in [0.1, 0.15) is 30.3 Å². The maximum Gasteiger partial charge on any atom is 0.420 e. The van der Waals surface area contributed by atoms with Gasteiger partial charge in [-0.05, 0) is 49.6 Å². The molecule has 0 saturated carbocycles. The molecule has 1 atom stereocenters. The van der Waals surface area contributed by atoms with Crippen LogP contribution in [-0.4, -0.2) is 31.9 Å². The third kappa shape index (κ3) is 2.70. The van der Waals surface area contributed by atoms with E-state index < -0.39 is 5.76 Å². The molecule has 5 rings (SSSR count). The van der Waals surface area contributed by atoms with Crippen molar-refractivity contribution < 1.29 is 9.21 Å². The standard InChI is InChI=1S/C21H20N4O3/c1-13-8-9-14-15(11-13)23-20(22-14)17-6-4-10-24(17)19(26)12-25-16-5-2-3-7-18(16)28-21(25)27/h2-3,5,7-9,11,17H,4,6,10,12H2,1H3,(H,22,23). The predicted octanol–water partition coefficient (Wildman–Crippen LogP) is 3.14. The highest BCUT2D eigenvalue weighted by atomic mass is 16.4. The van der Waals surface area contributed by atoms with Crippen molar-refractivity contribution in [3.8, 4) is 0 Å². The van der Waals surface area contributed by atoms with Crippen LogP contribution < -0.4 is 5.76 Å². The van der Waals surface area contributed by atoms with Crippen molar-refractivity contribution in [2.75, 3.05) is 6.54 Å². The number of amides is 1. The normalized spacial score (nSPS) is 17.0. The van der Waals surface area contributed by atoms with Crippen molar-refractivity contribution >= 4 is 28.0 Å². The molecule has 2 aromatic heterocycles. The Labute approximate surface area is 160 Å². The molecule has 1 aliphatic rings. The molecule has 1 aliphatic heterocycles. The van der Waals surface area contributed by atoms with Crippen LogP contribution in [-0.2, 0) is 11.3 Å². The molecule has 2 aromatic carbocycles. The zero-order valence-corrected chi connectivity index (χ0v) is 15.5. The third-order valence-electron chi connectivity index (χ3n) is 5.41. The van der Waals surface area contributed by atoms with Crippen LogP contribution >= 0.6 is 0 Å². The van der Waals surface area contributed by atoms with Gasteiger partial charge in [0.05, 0.1) is 22.6 Å². The second-order valence-electron chi connectivity index (χ2n) is 7.31. The molecule has 1 unspecified atom stereocenters. The molecule has 0 bridgehead atoms. The molecule has 7 nitrogen and oxygen atoms in total. The van der Waals surface area contributed by atoms with Crippen molar-refractivity contribution in [1.82, 2.24) is 19.4 Å². The smallest absolute Gasteiger partial charge is 0.408 e. The molecule has 0 spiro atoms. The lowest BCUT2D eigenvalue weighted by atomic mass is 10.2. The molecule has 7 heteroatoms. The monoisotopic (exact) mass is 376 g/mol. The highest BCUT2D eigenvalue weighted by molar-refractivity contribution is 5.80. The largest absolute Gasteiger partial charge is 0.420 e. The number of H-pyrrole nitrogens is 1. The van der Waals surface area contributed by atoms with E-state index >= 15 is 0 Å². The first kappa shape index (κ1) is 16.8. The lowest BCUT2D eigenvalue weighted by Gasteiger charge is -2.23. The van der Waals surface area contributed by atoms with E-state index in [1.54, 1.807) is 18.2 Å². The van der Waals surface area contributed by atoms with Gasteiger partial charge in [-0.15, -0.1) is 0 Å². The molecule has 28 heavy (non-hydrogen) atoms. The van der Waals surface area contributed by atoms with Crippen molar-refractivity contribution in [2.24, 2.45) is 0 Å². The van der Waals surface area contributed by atoms with Crippen LogP contribution in [0.3, 0.4) is 0 Å². The summed E-state index contributed by atoms with van der Waals surface area (Å²) >= 11 is 0. The number of carbonyl (C=O) groups is 1. The molecular formula is C21H20N4O3. The fraction of sp³-hybridized carbons (Fsp3) is 0.286. The Balaban J connectivity index is 1.45. The molecule has 1 amide bonds. The Kier molecular flexibility index (Phi) is 3.82. The Bertz CT molecular complexity index is 1250. The van der Waals surface area contributed by atoms with Crippen LogP contribution in [0.25, 0.3) is 22.1 Å². The fourth-order valence-corrected chi connectivity index (χ4v) is 4.04. The number of hydrogen-bond donors (Lipinski definition) is 1. The minimum Gasteiger partial charge on any atom is -0.408 e. The van der Waals surface area contributed by atoms with E-state index in [0.717, 1.165) is 35.3 Å². The lowest BCUT2D eigenvalue weighted by Crippen LogP contribution is -2.35. The first-order valence-corrected chi connectivity index (χ1v) is 9.44. The third-order valence-corrected chi connectivity index (χ3v) is 5.41. The van der Waals surface area contributed by atoms with Gasteiger partial charge >= 0.3 is 5.76 Å². The summed E-state index contributed by atoms with van der Waals surface area (Å²) in [5.41, 5.74) is 4.17. The number of aromatic amines is 1. The number of carbonyl (C=O) groups excluding carboxylic acids is 1.